The van der Waals surface area contributed by atoms with Gasteiger partial charge in [0.1, 0.15) is 17.8 Å². The second kappa shape index (κ2) is 6.66. The third kappa shape index (κ3) is 2.91. The van der Waals surface area contributed by atoms with Crippen molar-refractivity contribution in [2.45, 2.75) is 6.54 Å². The number of carbonyl (C=O) groups is 1. The van der Waals surface area contributed by atoms with Gasteiger partial charge in [-0.05, 0) is 23.8 Å². The Morgan fingerprint density at radius 3 is 2.54 bits per heavy atom. The van der Waals surface area contributed by atoms with E-state index in [1.165, 1.54) is 6.33 Å². The van der Waals surface area contributed by atoms with E-state index in [1.54, 1.807) is 6.07 Å². The van der Waals surface area contributed by atoms with Crippen LogP contribution in [0.2, 0.25) is 0 Å². The first kappa shape index (κ1) is 16.3. The van der Waals surface area contributed by atoms with Crippen LogP contribution in [-0.2, 0) is 6.54 Å². The van der Waals surface area contributed by atoms with Crippen molar-refractivity contribution >= 4 is 33.5 Å². The molecule has 0 aliphatic rings. The number of ketones is 1. The van der Waals surface area contributed by atoms with Crippen LogP contribution >= 0.6 is 0 Å². The van der Waals surface area contributed by atoms with Crippen LogP contribution in [0.3, 0.4) is 0 Å². The number of aromatic nitrogens is 4. The third-order valence-electron chi connectivity index (χ3n) is 4.75. The molecular formula is C22H17N5O. The largest absolute Gasteiger partial charge is 0.365 e. The molecule has 0 atom stereocenters. The molecule has 3 heterocycles. The molecule has 5 aromatic rings. The maximum atomic E-state index is 12.9. The van der Waals surface area contributed by atoms with Gasteiger partial charge in [-0.2, -0.15) is 0 Å². The first-order chi connectivity index (χ1) is 13.8. The molecule has 0 saturated heterocycles. The lowest BCUT2D eigenvalue weighted by atomic mass is 10.2. The number of anilines is 1. The molecule has 5 rings (SSSR count). The zero-order chi connectivity index (χ0) is 18.9. The molecule has 3 aromatic heterocycles. The second-order valence-corrected chi connectivity index (χ2v) is 6.61. The number of para-hydroxylation sites is 1. The molecule has 0 radical (unpaired) electrons. The second-order valence-electron chi connectivity index (χ2n) is 6.61. The number of aromatic amines is 2. The fraction of sp³-hybridized carbons (Fsp3) is 0.0455. The van der Waals surface area contributed by atoms with Gasteiger partial charge in [0.05, 0.1) is 16.8 Å². The fourth-order valence-electron chi connectivity index (χ4n) is 3.33. The number of hydrogen-bond acceptors (Lipinski definition) is 4. The summed E-state index contributed by atoms with van der Waals surface area (Å²) in [6.07, 6.45) is 1.49. The van der Waals surface area contributed by atoms with E-state index in [9.17, 15) is 4.79 Å². The molecule has 0 amide bonds. The first-order valence-electron chi connectivity index (χ1n) is 9.02. The van der Waals surface area contributed by atoms with Crippen molar-refractivity contribution in [3.05, 3.63) is 90.0 Å². The average molecular weight is 367 g/mol. The SMILES string of the molecule is O=C(c1cc2ccccc2[nH]1)c1cc2c(NCc3ccccc3)ncnc2[nH]1. The predicted octanol–water partition coefficient (Wildman–Crippen LogP) is 4.28. The highest BCUT2D eigenvalue weighted by molar-refractivity contribution is 6.11. The van der Waals surface area contributed by atoms with Crippen LogP contribution < -0.4 is 5.32 Å². The Morgan fingerprint density at radius 2 is 1.68 bits per heavy atom. The van der Waals surface area contributed by atoms with Crippen molar-refractivity contribution < 1.29 is 4.79 Å². The molecule has 6 heteroatoms. The fourth-order valence-corrected chi connectivity index (χ4v) is 3.33. The van der Waals surface area contributed by atoms with Crippen LogP contribution in [0.15, 0.2) is 73.1 Å². The maximum absolute atomic E-state index is 12.9. The molecule has 136 valence electrons. The molecule has 6 nitrogen and oxygen atoms in total. The lowest BCUT2D eigenvalue weighted by Crippen LogP contribution is -2.01. The molecular weight excluding hydrogens is 350 g/mol. The molecule has 2 aromatic carbocycles. The van der Waals surface area contributed by atoms with Crippen LogP contribution in [-0.4, -0.2) is 25.7 Å². The number of nitrogens with one attached hydrogen (secondary N) is 3. The van der Waals surface area contributed by atoms with Gasteiger partial charge >= 0.3 is 0 Å². The zero-order valence-electron chi connectivity index (χ0n) is 14.9. The number of hydrogen-bond donors (Lipinski definition) is 3. The van der Waals surface area contributed by atoms with Crippen molar-refractivity contribution in [2.24, 2.45) is 0 Å². The van der Waals surface area contributed by atoms with Crippen LogP contribution in [0.4, 0.5) is 5.82 Å². The van der Waals surface area contributed by atoms with Gasteiger partial charge in [-0.25, -0.2) is 9.97 Å². The van der Waals surface area contributed by atoms with Crippen LogP contribution in [0.25, 0.3) is 21.9 Å². The summed E-state index contributed by atoms with van der Waals surface area (Å²) < 4.78 is 0. The predicted molar refractivity (Wildman–Crippen MR) is 109 cm³/mol. The van der Waals surface area contributed by atoms with E-state index in [4.69, 9.17) is 0 Å². The highest BCUT2D eigenvalue weighted by atomic mass is 16.1. The molecule has 0 aliphatic heterocycles. The Labute approximate surface area is 160 Å². The standard InChI is InChI=1S/C22H17N5O/c28-20(18-10-15-8-4-5-9-17(15)26-18)19-11-16-21(24-13-25-22(16)27-19)23-12-14-6-2-1-3-7-14/h1-11,13,26H,12H2,(H2,23,24,25,27). The van der Waals surface area contributed by atoms with Crippen molar-refractivity contribution in [2.75, 3.05) is 5.32 Å². The average Bonchev–Trinajstić information content (AvgIpc) is 3.37. The third-order valence-corrected chi connectivity index (χ3v) is 4.75. The number of fused-ring (bicyclic) bond motifs is 2. The molecule has 0 aliphatic carbocycles. The van der Waals surface area contributed by atoms with Gasteiger partial charge in [0.2, 0.25) is 5.78 Å². The van der Waals surface area contributed by atoms with E-state index in [1.807, 2.05) is 60.7 Å². The van der Waals surface area contributed by atoms with Crippen LogP contribution in [0.5, 0.6) is 0 Å². The van der Waals surface area contributed by atoms with E-state index in [0.29, 0.717) is 29.4 Å². The number of H-pyrrole nitrogens is 2. The Kier molecular flexibility index (Phi) is 3.87. The van der Waals surface area contributed by atoms with Crippen molar-refractivity contribution in [1.82, 2.24) is 19.9 Å². The van der Waals surface area contributed by atoms with Gasteiger partial charge < -0.3 is 15.3 Å². The van der Waals surface area contributed by atoms with E-state index in [2.05, 4.69) is 25.3 Å². The van der Waals surface area contributed by atoms with Gasteiger partial charge in [0.25, 0.3) is 0 Å². The quantitative estimate of drug-likeness (QED) is 0.405. The minimum atomic E-state index is -0.108. The first-order valence-corrected chi connectivity index (χ1v) is 9.02. The highest BCUT2D eigenvalue weighted by Gasteiger charge is 2.17. The summed E-state index contributed by atoms with van der Waals surface area (Å²) in [4.78, 5) is 27.8. The van der Waals surface area contributed by atoms with E-state index in [-0.39, 0.29) is 5.78 Å². The number of carbonyl (C=O) groups excluding carboxylic acids is 1. The number of benzene rings is 2. The summed E-state index contributed by atoms with van der Waals surface area (Å²) in [6.45, 7) is 0.642. The number of rotatable bonds is 5. The Balaban J connectivity index is 1.46. The summed E-state index contributed by atoms with van der Waals surface area (Å²) in [5.74, 6) is 0.587. The minimum absolute atomic E-state index is 0.108. The topological polar surface area (TPSA) is 86.5 Å². The lowest BCUT2D eigenvalue weighted by molar-refractivity contribution is 0.103. The van der Waals surface area contributed by atoms with Crippen LogP contribution in [0.1, 0.15) is 21.7 Å². The van der Waals surface area contributed by atoms with Gasteiger partial charge in [-0.1, -0.05) is 48.5 Å². The van der Waals surface area contributed by atoms with E-state index < -0.39 is 0 Å². The Morgan fingerprint density at radius 1 is 0.893 bits per heavy atom. The molecule has 0 bridgehead atoms. The van der Waals surface area contributed by atoms with Crippen molar-refractivity contribution in [3.8, 4) is 0 Å². The molecule has 0 unspecified atom stereocenters. The minimum Gasteiger partial charge on any atom is -0.365 e. The number of nitrogens with zero attached hydrogens (tertiary/aromatic N) is 2. The van der Waals surface area contributed by atoms with Gasteiger partial charge in [-0.3, -0.25) is 4.79 Å². The van der Waals surface area contributed by atoms with Crippen LogP contribution in [0, 0.1) is 0 Å². The van der Waals surface area contributed by atoms with Gasteiger partial charge in [-0.15, -0.1) is 0 Å². The van der Waals surface area contributed by atoms with Gasteiger partial charge in [0, 0.05) is 17.4 Å². The Bertz CT molecular complexity index is 1250. The molecule has 3 N–H and O–H groups in total. The van der Waals surface area contributed by atoms with Gasteiger partial charge in [0.15, 0.2) is 0 Å². The zero-order valence-corrected chi connectivity index (χ0v) is 14.9. The molecule has 0 spiro atoms. The van der Waals surface area contributed by atoms with E-state index >= 15 is 0 Å². The molecule has 0 fully saturated rings. The lowest BCUT2D eigenvalue weighted by Gasteiger charge is -2.06. The van der Waals surface area contributed by atoms with Crippen molar-refractivity contribution in [1.29, 1.82) is 0 Å². The van der Waals surface area contributed by atoms with E-state index in [0.717, 1.165) is 21.9 Å². The highest BCUT2D eigenvalue weighted by Crippen LogP contribution is 2.23. The summed E-state index contributed by atoms with van der Waals surface area (Å²) in [7, 11) is 0. The smallest absolute Gasteiger partial charge is 0.225 e. The monoisotopic (exact) mass is 367 g/mol. The molecule has 28 heavy (non-hydrogen) atoms. The summed E-state index contributed by atoms with van der Waals surface area (Å²) >= 11 is 0. The van der Waals surface area contributed by atoms with Crippen molar-refractivity contribution in [3.63, 3.8) is 0 Å². The maximum Gasteiger partial charge on any atom is 0.225 e. The summed E-state index contributed by atoms with van der Waals surface area (Å²) in [5, 5.41) is 5.12. The summed E-state index contributed by atoms with van der Waals surface area (Å²) in [5.41, 5.74) is 3.74. The normalized spacial score (nSPS) is 11.1. The summed E-state index contributed by atoms with van der Waals surface area (Å²) in [6, 6.07) is 21.6. The Hall–Kier alpha value is -3.93. The molecule has 0 saturated carbocycles.